The topological polar surface area (TPSA) is 15.3 Å². The van der Waals surface area contributed by atoms with Crippen molar-refractivity contribution < 1.29 is 0 Å². The molecule has 2 aromatic carbocycles. The highest BCUT2D eigenvalue weighted by Crippen LogP contribution is 2.41. The molecule has 1 heterocycles. The van der Waals surface area contributed by atoms with Gasteiger partial charge < -0.3 is 10.2 Å². The number of likely N-dealkylation sites (N-methyl/N-ethyl adjacent to an activating group) is 1. The Hall–Kier alpha value is -1.67. The first-order valence-corrected chi connectivity index (χ1v) is 7.22. The Bertz CT molecular complexity index is 649. The molecule has 104 valence electrons. The quantitative estimate of drug-likeness (QED) is 0.852. The lowest BCUT2D eigenvalue weighted by molar-refractivity contribution is 0.563. The van der Waals surface area contributed by atoms with E-state index < -0.39 is 0 Å². The highest BCUT2D eigenvalue weighted by atomic mass is 35.5. The van der Waals surface area contributed by atoms with Gasteiger partial charge in [0.25, 0.3) is 0 Å². The Morgan fingerprint density at radius 3 is 2.60 bits per heavy atom. The molecule has 3 heteroatoms. The maximum absolute atomic E-state index is 6.02. The number of hydrogen-bond acceptors (Lipinski definition) is 2. The molecule has 0 aliphatic carbocycles. The average Bonchev–Trinajstić information content (AvgIpc) is 2.60. The monoisotopic (exact) mass is 286 g/mol. The Balaban J connectivity index is 1.94. The van der Waals surface area contributed by atoms with E-state index in [-0.39, 0.29) is 5.41 Å². The van der Waals surface area contributed by atoms with E-state index in [1.54, 1.807) is 0 Å². The summed E-state index contributed by atoms with van der Waals surface area (Å²) in [4.78, 5) is 2.32. The minimum absolute atomic E-state index is 0.191. The van der Waals surface area contributed by atoms with Crippen LogP contribution in [-0.2, 0) is 5.41 Å². The first-order chi connectivity index (χ1) is 9.45. The number of rotatable bonds is 2. The van der Waals surface area contributed by atoms with Crippen LogP contribution in [0.3, 0.4) is 0 Å². The predicted octanol–water partition coefficient (Wildman–Crippen LogP) is 4.81. The van der Waals surface area contributed by atoms with Gasteiger partial charge in [0, 0.05) is 41.1 Å². The molecule has 2 nitrogen and oxygen atoms in total. The van der Waals surface area contributed by atoms with Crippen molar-refractivity contribution in [1.82, 2.24) is 0 Å². The van der Waals surface area contributed by atoms with Crippen LogP contribution in [-0.4, -0.2) is 13.6 Å². The van der Waals surface area contributed by atoms with E-state index in [0.29, 0.717) is 0 Å². The summed E-state index contributed by atoms with van der Waals surface area (Å²) in [6, 6.07) is 14.4. The van der Waals surface area contributed by atoms with Crippen LogP contribution in [0, 0.1) is 0 Å². The molecule has 0 fully saturated rings. The van der Waals surface area contributed by atoms with E-state index in [1.807, 2.05) is 24.3 Å². The van der Waals surface area contributed by atoms with E-state index >= 15 is 0 Å². The minimum Gasteiger partial charge on any atom is -0.373 e. The summed E-state index contributed by atoms with van der Waals surface area (Å²) in [6.07, 6.45) is 0. The van der Waals surface area contributed by atoms with Crippen molar-refractivity contribution >= 4 is 28.7 Å². The van der Waals surface area contributed by atoms with E-state index in [9.17, 15) is 0 Å². The lowest BCUT2D eigenvalue weighted by atomic mass is 9.87. The van der Waals surface area contributed by atoms with E-state index in [0.717, 1.165) is 22.9 Å². The van der Waals surface area contributed by atoms with Crippen LogP contribution in [0.4, 0.5) is 17.1 Å². The number of nitrogens with one attached hydrogen (secondary N) is 1. The summed E-state index contributed by atoms with van der Waals surface area (Å²) >= 11 is 6.02. The van der Waals surface area contributed by atoms with Crippen molar-refractivity contribution in [3.05, 3.63) is 53.1 Å². The summed E-state index contributed by atoms with van der Waals surface area (Å²) in [5.74, 6) is 0. The first kappa shape index (κ1) is 13.3. The average molecular weight is 287 g/mol. The molecule has 1 aliphatic rings. The molecule has 0 amide bonds. The molecular formula is C17H19ClN2. The Morgan fingerprint density at radius 2 is 1.85 bits per heavy atom. The number of benzene rings is 2. The fourth-order valence-corrected chi connectivity index (χ4v) is 3.18. The van der Waals surface area contributed by atoms with Gasteiger partial charge in [0.1, 0.15) is 0 Å². The predicted molar refractivity (Wildman–Crippen MR) is 87.5 cm³/mol. The second kappa shape index (κ2) is 4.71. The number of fused-ring (bicyclic) bond motifs is 1. The highest BCUT2D eigenvalue weighted by molar-refractivity contribution is 6.30. The molecule has 1 N–H and O–H groups in total. The van der Waals surface area contributed by atoms with Gasteiger partial charge in [0.2, 0.25) is 0 Å². The van der Waals surface area contributed by atoms with Crippen LogP contribution in [0.2, 0.25) is 5.02 Å². The molecule has 0 aromatic heterocycles. The van der Waals surface area contributed by atoms with E-state index in [1.165, 1.54) is 11.3 Å². The molecule has 20 heavy (non-hydrogen) atoms. The molecule has 0 unspecified atom stereocenters. The van der Waals surface area contributed by atoms with Gasteiger partial charge in [-0.2, -0.15) is 0 Å². The van der Waals surface area contributed by atoms with Crippen molar-refractivity contribution in [3.63, 3.8) is 0 Å². The van der Waals surface area contributed by atoms with Crippen molar-refractivity contribution in [3.8, 4) is 0 Å². The normalized spacial score (nSPS) is 16.1. The Labute approximate surface area is 125 Å². The van der Waals surface area contributed by atoms with Crippen LogP contribution < -0.4 is 10.2 Å². The fraction of sp³-hybridized carbons (Fsp3) is 0.294. The van der Waals surface area contributed by atoms with Gasteiger partial charge in [0.05, 0.1) is 0 Å². The van der Waals surface area contributed by atoms with Gasteiger partial charge in [-0.3, -0.25) is 0 Å². The van der Waals surface area contributed by atoms with E-state index in [4.69, 9.17) is 11.6 Å². The Morgan fingerprint density at radius 1 is 1.10 bits per heavy atom. The molecule has 0 spiro atoms. The summed E-state index contributed by atoms with van der Waals surface area (Å²) in [5.41, 5.74) is 5.03. The number of anilines is 3. The summed E-state index contributed by atoms with van der Waals surface area (Å²) in [6.45, 7) is 5.64. The summed E-state index contributed by atoms with van der Waals surface area (Å²) < 4.78 is 0. The van der Waals surface area contributed by atoms with Crippen LogP contribution in [0.15, 0.2) is 42.5 Å². The maximum atomic E-state index is 6.02. The molecule has 0 saturated heterocycles. The molecule has 1 aliphatic heterocycles. The van der Waals surface area contributed by atoms with Crippen molar-refractivity contribution in [1.29, 1.82) is 0 Å². The molecular weight excluding hydrogens is 268 g/mol. The molecule has 0 atom stereocenters. The molecule has 2 aromatic rings. The second-order valence-electron chi connectivity index (χ2n) is 6.11. The zero-order chi connectivity index (χ0) is 14.3. The lowest BCUT2D eigenvalue weighted by Crippen LogP contribution is -2.24. The maximum Gasteiger partial charge on any atom is 0.0426 e. The number of halogens is 1. The van der Waals surface area contributed by atoms with Crippen LogP contribution in [0.25, 0.3) is 0 Å². The first-order valence-electron chi connectivity index (χ1n) is 6.84. The van der Waals surface area contributed by atoms with Crippen molar-refractivity contribution in [2.45, 2.75) is 19.3 Å². The van der Waals surface area contributed by atoms with Gasteiger partial charge in [-0.15, -0.1) is 0 Å². The third-order valence-corrected chi connectivity index (χ3v) is 4.12. The zero-order valence-corrected chi connectivity index (χ0v) is 12.8. The van der Waals surface area contributed by atoms with Crippen LogP contribution in [0.1, 0.15) is 19.4 Å². The minimum atomic E-state index is 0.191. The third-order valence-electron chi connectivity index (χ3n) is 3.88. The smallest absolute Gasteiger partial charge is 0.0426 e. The molecule has 0 saturated carbocycles. The van der Waals surface area contributed by atoms with Crippen LogP contribution in [0.5, 0.6) is 0 Å². The highest BCUT2D eigenvalue weighted by Gasteiger charge is 2.33. The fourth-order valence-electron chi connectivity index (χ4n) is 2.98. The number of nitrogens with zero attached hydrogens (tertiary/aromatic N) is 1. The Kier molecular flexibility index (Phi) is 3.14. The van der Waals surface area contributed by atoms with Gasteiger partial charge >= 0.3 is 0 Å². The molecule has 0 radical (unpaired) electrons. The standard InChI is InChI=1S/C17H19ClN2/c1-17(2)11-20(3)16-8-7-14(10-15(16)17)19-13-6-4-5-12(18)9-13/h4-10,19H,11H2,1-3H3. The molecule has 3 rings (SSSR count). The van der Waals surface area contributed by atoms with Crippen molar-refractivity contribution in [2.75, 3.05) is 23.8 Å². The summed E-state index contributed by atoms with van der Waals surface area (Å²) in [7, 11) is 2.15. The summed E-state index contributed by atoms with van der Waals surface area (Å²) in [5, 5.41) is 4.17. The second-order valence-corrected chi connectivity index (χ2v) is 6.54. The third kappa shape index (κ3) is 2.36. The largest absolute Gasteiger partial charge is 0.373 e. The van der Waals surface area contributed by atoms with Gasteiger partial charge in [-0.05, 0) is 42.0 Å². The SMILES string of the molecule is CN1CC(C)(C)c2cc(Nc3cccc(Cl)c3)ccc21. The van der Waals surface area contributed by atoms with Crippen molar-refractivity contribution in [2.24, 2.45) is 0 Å². The number of hydrogen-bond donors (Lipinski definition) is 1. The van der Waals surface area contributed by atoms with Gasteiger partial charge in [-0.25, -0.2) is 0 Å². The zero-order valence-electron chi connectivity index (χ0n) is 12.1. The van der Waals surface area contributed by atoms with Gasteiger partial charge in [0.15, 0.2) is 0 Å². The lowest BCUT2D eigenvalue weighted by Gasteiger charge is -2.19. The van der Waals surface area contributed by atoms with Crippen LogP contribution >= 0.6 is 11.6 Å². The van der Waals surface area contributed by atoms with Gasteiger partial charge in [-0.1, -0.05) is 31.5 Å². The van der Waals surface area contributed by atoms with E-state index in [2.05, 4.69) is 49.3 Å². The molecule has 0 bridgehead atoms.